The molecular formula is C7H17NS. The van der Waals surface area contributed by atoms with Gasteiger partial charge in [0.1, 0.15) is 0 Å². The quantitative estimate of drug-likeness (QED) is 0.601. The fourth-order valence-electron chi connectivity index (χ4n) is 0.516. The maximum atomic E-state index is 5.55. The molecule has 0 amide bonds. The average molecular weight is 147 g/mol. The van der Waals surface area contributed by atoms with Gasteiger partial charge < -0.3 is 5.73 Å². The first-order chi connectivity index (χ1) is 4.27. The molecule has 0 spiro atoms. The van der Waals surface area contributed by atoms with Crippen molar-refractivity contribution in [3.8, 4) is 0 Å². The highest BCUT2D eigenvalue weighted by molar-refractivity contribution is 7.99. The van der Waals surface area contributed by atoms with E-state index in [-0.39, 0.29) is 0 Å². The van der Waals surface area contributed by atoms with E-state index in [1.807, 2.05) is 11.8 Å². The third-order valence-corrected chi connectivity index (χ3v) is 2.36. The molecule has 0 bridgehead atoms. The van der Waals surface area contributed by atoms with Gasteiger partial charge >= 0.3 is 0 Å². The Morgan fingerprint density at radius 2 is 2.22 bits per heavy atom. The van der Waals surface area contributed by atoms with Gasteiger partial charge in [0.15, 0.2) is 0 Å². The van der Waals surface area contributed by atoms with E-state index in [2.05, 4.69) is 13.8 Å². The Hall–Kier alpha value is 0.310. The van der Waals surface area contributed by atoms with Gasteiger partial charge in [0.05, 0.1) is 0 Å². The molecule has 1 nitrogen and oxygen atoms in total. The van der Waals surface area contributed by atoms with Gasteiger partial charge in [-0.05, 0) is 19.1 Å². The lowest BCUT2D eigenvalue weighted by Gasteiger charge is -2.02. The van der Waals surface area contributed by atoms with Gasteiger partial charge in [-0.2, -0.15) is 11.8 Å². The van der Waals surface area contributed by atoms with Crippen LogP contribution in [-0.2, 0) is 0 Å². The zero-order valence-corrected chi connectivity index (χ0v) is 7.21. The first kappa shape index (κ1) is 9.31. The summed E-state index contributed by atoms with van der Waals surface area (Å²) in [4.78, 5) is 0. The highest BCUT2D eigenvalue weighted by Gasteiger charge is 1.92. The molecule has 0 saturated heterocycles. The second-order valence-corrected chi connectivity index (χ2v) is 3.56. The van der Waals surface area contributed by atoms with Crippen molar-refractivity contribution in [2.45, 2.75) is 32.7 Å². The summed E-state index contributed by atoms with van der Waals surface area (Å²) in [6, 6.07) is 0.367. The zero-order chi connectivity index (χ0) is 7.11. The van der Waals surface area contributed by atoms with Crippen molar-refractivity contribution in [2.24, 2.45) is 5.73 Å². The van der Waals surface area contributed by atoms with Crippen LogP contribution in [0.2, 0.25) is 0 Å². The van der Waals surface area contributed by atoms with Gasteiger partial charge in [-0.3, -0.25) is 0 Å². The topological polar surface area (TPSA) is 26.0 Å². The summed E-state index contributed by atoms with van der Waals surface area (Å²) in [7, 11) is 0. The smallest absolute Gasteiger partial charge is 0.0101 e. The summed E-state index contributed by atoms with van der Waals surface area (Å²) in [5.41, 5.74) is 5.55. The highest BCUT2D eigenvalue weighted by atomic mass is 32.2. The monoisotopic (exact) mass is 147 g/mol. The van der Waals surface area contributed by atoms with E-state index in [4.69, 9.17) is 5.73 Å². The van der Waals surface area contributed by atoms with Crippen molar-refractivity contribution < 1.29 is 0 Å². The molecule has 2 heteroatoms. The number of rotatable bonds is 5. The van der Waals surface area contributed by atoms with E-state index >= 15 is 0 Å². The fraction of sp³-hybridized carbons (Fsp3) is 1.00. The average Bonchev–Trinajstić information content (AvgIpc) is 1.80. The molecule has 2 N–H and O–H groups in total. The molecule has 0 aliphatic carbocycles. The van der Waals surface area contributed by atoms with Gasteiger partial charge in [0.25, 0.3) is 0 Å². The summed E-state index contributed by atoms with van der Waals surface area (Å²) >= 11 is 1.96. The van der Waals surface area contributed by atoms with Gasteiger partial charge in [-0.1, -0.05) is 13.3 Å². The van der Waals surface area contributed by atoms with Crippen LogP contribution in [0.1, 0.15) is 26.7 Å². The predicted molar refractivity (Wildman–Crippen MR) is 45.9 cm³/mol. The van der Waals surface area contributed by atoms with Gasteiger partial charge in [0.2, 0.25) is 0 Å². The van der Waals surface area contributed by atoms with Crippen LogP contribution in [0, 0.1) is 0 Å². The van der Waals surface area contributed by atoms with Crippen molar-refractivity contribution in [2.75, 3.05) is 11.5 Å². The van der Waals surface area contributed by atoms with Crippen LogP contribution in [0.25, 0.3) is 0 Å². The third kappa shape index (κ3) is 8.31. The molecule has 1 atom stereocenters. The van der Waals surface area contributed by atoms with E-state index < -0.39 is 0 Å². The first-order valence-corrected chi connectivity index (χ1v) is 4.76. The minimum absolute atomic E-state index is 0.367. The van der Waals surface area contributed by atoms with E-state index in [1.165, 1.54) is 18.6 Å². The second-order valence-electron chi connectivity index (χ2n) is 2.41. The molecule has 0 aliphatic rings. The van der Waals surface area contributed by atoms with Crippen LogP contribution < -0.4 is 5.73 Å². The van der Waals surface area contributed by atoms with Crippen LogP contribution in [0.5, 0.6) is 0 Å². The molecule has 0 unspecified atom stereocenters. The predicted octanol–water partition coefficient (Wildman–Crippen LogP) is 1.87. The minimum Gasteiger partial charge on any atom is -0.327 e. The number of nitrogens with two attached hydrogens (primary N) is 1. The minimum atomic E-state index is 0.367. The Bertz CT molecular complexity index is 54.9. The van der Waals surface area contributed by atoms with E-state index in [0.29, 0.717) is 6.04 Å². The standard InChI is InChI=1S/C7H17NS/c1-3-4-5-9-6-7(2)8/h7H,3-6,8H2,1-2H3/t7-/m1/s1. The van der Waals surface area contributed by atoms with E-state index in [1.54, 1.807) is 0 Å². The highest BCUT2D eigenvalue weighted by Crippen LogP contribution is 2.04. The molecule has 0 rings (SSSR count). The van der Waals surface area contributed by atoms with Crippen LogP contribution in [0.3, 0.4) is 0 Å². The molecule has 9 heavy (non-hydrogen) atoms. The van der Waals surface area contributed by atoms with Crippen molar-refractivity contribution in [3.63, 3.8) is 0 Å². The van der Waals surface area contributed by atoms with Crippen molar-refractivity contribution >= 4 is 11.8 Å². The molecule has 56 valence electrons. The van der Waals surface area contributed by atoms with Crippen LogP contribution >= 0.6 is 11.8 Å². The summed E-state index contributed by atoms with van der Waals surface area (Å²) < 4.78 is 0. The summed E-state index contributed by atoms with van der Waals surface area (Å²) in [5.74, 6) is 2.39. The van der Waals surface area contributed by atoms with Crippen LogP contribution in [-0.4, -0.2) is 17.5 Å². The Labute approximate surface area is 62.4 Å². The molecule has 0 aromatic carbocycles. The number of thioether (sulfide) groups is 1. The largest absolute Gasteiger partial charge is 0.327 e. The normalized spacial score (nSPS) is 13.7. The maximum Gasteiger partial charge on any atom is 0.0101 e. The SMILES string of the molecule is CCCCSC[C@@H](C)N. The zero-order valence-electron chi connectivity index (χ0n) is 6.39. The third-order valence-electron chi connectivity index (χ3n) is 1.02. The first-order valence-electron chi connectivity index (χ1n) is 3.60. The number of unbranched alkanes of at least 4 members (excludes halogenated alkanes) is 1. The summed E-state index contributed by atoms with van der Waals surface area (Å²) in [6.07, 6.45) is 2.63. The molecule has 0 aromatic heterocycles. The summed E-state index contributed by atoms with van der Waals surface area (Å²) in [6.45, 7) is 4.27. The van der Waals surface area contributed by atoms with Gasteiger partial charge in [-0.25, -0.2) is 0 Å². The molecule has 0 aromatic rings. The molecule has 0 heterocycles. The Balaban J connectivity index is 2.75. The summed E-state index contributed by atoms with van der Waals surface area (Å²) in [5, 5.41) is 0. The lowest BCUT2D eigenvalue weighted by Crippen LogP contribution is -2.17. The van der Waals surface area contributed by atoms with Crippen LogP contribution in [0.15, 0.2) is 0 Å². The molecule has 0 fully saturated rings. The second kappa shape index (κ2) is 6.43. The Morgan fingerprint density at radius 3 is 2.67 bits per heavy atom. The lowest BCUT2D eigenvalue weighted by atomic mass is 10.4. The molecular weight excluding hydrogens is 130 g/mol. The van der Waals surface area contributed by atoms with Crippen molar-refractivity contribution in [1.82, 2.24) is 0 Å². The van der Waals surface area contributed by atoms with Gasteiger partial charge in [0, 0.05) is 11.8 Å². The van der Waals surface area contributed by atoms with E-state index in [9.17, 15) is 0 Å². The Kier molecular flexibility index (Phi) is 6.65. The van der Waals surface area contributed by atoms with E-state index in [0.717, 1.165) is 5.75 Å². The van der Waals surface area contributed by atoms with Crippen molar-refractivity contribution in [1.29, 1.82) is 0 Å². The lowest BCUT2D eigenvalue weighted by molar-refractivity contribution is 0.841. The molecule has 0 radical (unpaired) electrons. The fourth-order valence-corrected chi connectivity index (χ4v) is 1.55. The number of hydrogen-bond donors (Lipinski definition) is 1. The molecule has 0 saturated carbocycles. The Morgan fingerprint density at radius 1 is 1.56 bits per heavy atom. The van der Waals surface area contributed by atoms with Crippen LogP contribution in [0.4, 0.5) is 0 Å². The number of hydrogen-bond acceptors (Lipinski definition) is 2. The molecule has 0 aliphatic heterocycles. The van der Waals surface area contributed by atoms with Gasteiger partial charge in [-0.15, -0.1) is 0 Å². The maximum absolute atomic E-state index is 5.55. The van der Waals surface area contributed by atoms with Crippen molar-refractivity contribution in [3.05, 3.63) is 0 Å².